The molecule has 2 aromatic carbocycles. The van der Waals surface area contributed by atoms with Crippen LogP contribution in [0.4, 0.5) is 0 Å². The summed E-state index contributed by atoms with van der Waals surface area (Å²) in [5.41, 5.74) is 1.68. The second kappa shape index (κ2) is 8.42. The maximum atomic E-state index is 13.2. The van der Waals surface area contributed by atoms with E-state index in [9.17, 15) is 19.2 Å². The second-order valence-electron chi connectivity index (χ2n) is 9.97. The minimum absolute atomic E-state index is 0.168. The Hall–Kier alpha value is -4.18. The fraction of sp³-hybridized carbons (Fsp3) is 0.214. The number of likely N-dealkylation sites (N-methyl/N-ethyl adjacent to an activating group) is 1. The van der Waals surface area contributed by atoms with Crippen molar-refractivity contribution in [3.05, 3.63) is 98.4 Å². The van der Waals surface area contributed by atoms with Crippen molar-refractivity contribution in [1.29, 1.82) is 0 Å². The van der Waals surface area contributed by atoms with E-state index in [1.165, 1.54) is 4.68 Å². The number of ketones is 4. The molecule has 3 aromatic rings. The first-order chi connectivity index (χ1) is 18.1. The van der Waals surface area contributed by atoms with Crippen LogP contribution >= 0.6 is 15.9 Å². The highest BCUT2D eigenvalue weighted by molar-refractivity contribution is 9.12. The predicted molar refractivity (Wildman–Crippen MR) is 139 cm³/mol. The lowest BCUT2D eigenvalue weighted by molar-refractivity contribution is -0.112. The molecule has 9 nitrogen and oxygen atoms in total. The Labute approximate surface area is 225 Å². The van der Waals surface area contributed by atoms with Gasteiger partial charge >= 0.3 is 0 Å². The molecule has 0 saturated carbocycles. The summed E-state index contributed by atoms with van der Waals surface area (Å²) in [5.74, 6) is -1.36. The summed E-state index contributed by atoms with van der Waals surface area (Å²) in [6.07, 6.45) is 1.66. The molecule has 0 N–H and O–H groups in total. The SMILES string of the molecule is CN(Cc1cn(C2C3=C(OC2(C)C)c2ccccc2C(=O)C3=O)nn1)C1=C(Br)C(=O)c2ccccc2C1=O. The van der Waals surface area contributed by atoms with Crippen LogP contribution < -0.4 is 0 Å². The van der Waals surface area contributed by atoms with E-state index < -0.39 is 23.2 Å². The lowest BCUT2D eigenvalue weighted by atomic mass is 9.83. The Balaban J connectivity index is 1.33. The van der Waals surface area contributed by atoms with Gasteiger partial charge in [-0.1, -0.05) is 53.7 Å². The number of halogens is 1. The van der Waals surface area contributed by atoms with Gasteiger partial charge in [0, 0.05) is 29.3 Å². The Morgan fingerprint density at radius 2 is 1.47 bits per heavy atom. The summed E-state index contributed by atoms with van der Waals surface area (Å²) < 4.78 is 7.94. The van der Waals surface area contributed by atoms with Gasteiger partial charge in [-0.25, -0.2) is 4.68 Å². The average Bonchev–Trinajstić information content (AvgIpc) is 3.46. The van der Waals surface area contributed by atoms with E-state index in [4.69, 9.17) is 4.74 Å². The highest BCUT2D eigenvalue weighted by Crippen LogP contribution is 2.49. The van der Waals surface area contributed by atoms with Gasteiger partial charge in [0.2, 0.25) is 23.1 Å². The minimum atomic E-state index is -0.893. The zero-order valence-corrected chi connectivity index (χ0v) is 22.3. The topological polar surface area (TPSA) is 111 Å². The molecule has 0 fully saturated rings. The zero-order valence-electron chi connectivity index (χ0n) is 20.7. The molecule has 0 radical (unpaired) electrons. The van der Waals surface area contributed by atoms with Crippen LogP contribution in [0.3, 0.4) is 0 Å². The summed E-state index contributed by atoms with van der Waals surface area (Å²) in [5, 5.41) is 8.53. The number of ether oxygens (including phenoxy) is 1. The summed E-state index contributed by atoms with van der Waals surface area (Å²) in [7, 11) is 1.69. The van der Waals surface area contributed by atoms with Crippen LogP contribution in [-0.2, 0) is 16.1 Å². The quantitative estimate of drug-likeness (QED) is 0.432. The minimum Gasteiger partial charge on any atom is -0.484 e. The lowest BCUT2D eigenvalue weighted by Crippen LogP contribution is -2.35. The number of carbonyl (C=O) groups is 4. The molecule has 2 aliphatic carbocycles. The predicted octanol–water partition coefficient (Wildman–Crippen LogP) is 3.92. The van der Waals surface area contributed by atoms with Gasteiger partial charge in [-0.15, -0.1) is 5.10 Å². The maximum absolute atomic E-state index is 13.2. The first-order valence-corrected chi connectivity index (χ1v) is 12.7. The van der Waals surface area contributed by atoms with E-state index in [-0.39, 0.29) is 33.9 Å². The van der Waals surface area contributed by atoms with Crippen LogP contribution in [0.2, 0.25) is 0 Å². The van der Waals surface area contributed by atoms with Crippen molar-refractivity contribution < 1.29 is 23.9 Å². The van der Waals surface area contributed by atoms with Crippen molar-refractivity contribution in [3.63, 3.8) is 0 Å². The Morgan fingerprint density at radius 1 is 0.895 bits per heavy atom. The molecule has 1 atom stereocenters. The van der Waals surface area contributed by atoms with Gasteiger partial charge in [-0.05, 0) is 29.8 Å². The fourth-order valence-electron chi connectivity index (χ4n) is 5.35. The Kier molecular flexibility index (Phi) is 5.36. The third-order valence-corrected chi connectivity index (χ3v) is 7.79. The largest absolute Gasteiger partial charge is 0.484 e. The van der Waals surface area contributed by atoms with E-state index in [0.29, 0.717) is 33.7 Å². The van der Waals surface area contributed by atoms with Crippen LogP contribution in [0.15, 0.2) is 70.5 Å². The number of nitrogens with zero attached hydrogens (tertiary/aromatic N) is 4. The number of aromatic nitrogens is 3. The Morgan fingerprint density at radius 3 is 2.13 bits per heavy atom. The van der Waals surface area contributed by atoms with Crippen LogP contribution in [0.25, 0.3) is 5.76 Å². The number of allylic oxidation sites excluding steroid dienone is 2. The van der Waals surface area contributed by atoms with Crippen molar-refractivity contribution in [1.82, 2.24) is 19.9 Å². The van der Waals surface area contributed by atoms with Gasteiger partial charge in [-0.2, -0.15) is 0 Å². The normalized spacial score (nSPS) is 19.8. The van der Waals surface area contributed by atoms with Crippen LogP contribution in [0.5, 0.6) is 0 Å². The molecule has 6 rings (SSSR count). The zero-order chi connectivity index (χ0) is 26.9. The molecule has 0 amide bonds. The van der Waals surface area contributed by atoms with E-state index in [1.54, 1.807) is 66.7 Å². The van der Waals surface area contributed by atoms with Crippen LogP contribution in [-0.4, -0.2) is 55.7 Å². The van der Waals surface area contributed by atoms with Gasteiger partial charge in [-0.3, -0.25) is 19.2 Å². The number of carbonyl (C=O) groups excluding carboxylic acids is 4. The van der Waals surface area contributed by atoms with E-state index in [2.05, 4.69) is 26.2 Å². The number of benzene rings is 2. The second-order valence-corrected chi connectivity index (χ2v) is 10.8. The van der Waals surface area contributed by atoms with Crippen molar-refractivity contribution in [2.24, 2.45) is 0 Å². The third kappa shape index (κ3) is 3.43. The standard InChI is InChI=1S/C28H21BrN4O5/c1-28(2)27(19-25(37)24(36)17-10-6-7-11-18(17)26(19)38-28)33-13-14(30-31-33)12-32(3)21-20(29)22(34)15-8-4-5-9-16(15)23(21)35/h4-11,13,27H,12H2,1-3H3. The summed E-state index contributed by atoms with van der Waals surface area (Å²) >= 11 is 3.32. The lowest BCUT2D eigenvalue weighted by Gasteiger charge is -2.27. The highest BCUT2D eigenvalue weighted by Gasteiger charge is 2.52. The summed E-state index contributed by atoms with van der Waals surface area (Å²) in [6, 6.07) is 12.9. The first-order valence-electron chi connectivity index (χ1n) is 11.9. The van der Waals surface area contributed by atoms with Gasteiger partial charge in [0.25, 0.3) is 0 Å². The monoisotopic (exact) mass is 572 g/mol. The molecule has 1 aromatic heterocycles. The van der Waals surface area contributed by atoms with E-state index >= 15 is 0 Å². The van der Waals surface area contributed by atoms with Crippen LogP contribution in [0, 0.1) is 0 Å². The molecule has 3 aliphatic rings. The fourth-order valence-corrected chi connectivity index (χ4v) is 6.05. The molecule has 0 bridgehead atoms. The van der Waals surface area contributed by atoms with Gasteiger partial charge in [0.15, 0.2) is 0 Å². The molecule has 2 heterocycles. The van der Waals surface area contributed by atoms with Gasteiger partial charge in [0.1, 0.15) is 28.8 Å². The van der Waals surface area contributed by atoms with E-state index in [0.717, 1.165) is 0 Å². The third-order valence-electron chi connectivity index (χ3n) is 7.05. The molecule has 0 saturated heterocycles. The number of Topliss-reactive ketones (excluding diaryl/α,β-unsaturated/α-hetero) is 4. The summed E-state index contributed by atoms with van der Waals surface area (Å²) in [6.45, 7) is 3.83. The highest BCUT2D eigenvalue weighted by atomic mass is 79.9. The van der Waals surface area contributed by atoms with Crippen molar-refractivity contribution >= 4 is 44.8 Å². The molecule has 38 heavy (non-hydrogen) atoms. The first kappa shape index (κ1) is 24.2. The maximum Gasteiger partial charge on any atom is 0.235 e. The smallest absolute Gasteiger partial charge is 0.235 e. The number of hydrogen-bond acceptors (Lipinski definition) is 8. The van der Waals surface area contributed by atoms with E-state index in [1.807, 2.05) is 13.8 Å². The Bertz CT molecular complexity index is 1660. The van der Waals surface area contributed by atoms with Crippen molar-refractivity contribution in [2.75, 3.05) is 7.05 Å². The molecule has 10 heteroatoms. The van der Waals surface area contributed by atoms with Crippen LogP contribution in [0.1, 0.15) is 62.2 Å². The number of fused-ring (bicyclic) bond motifs is 3. The molecule has 1 unspecified atom stereocenters. The van der Waals surface area contributed by atoms with Gasteiger partial charge in [0.05, 0.1) is 22.8 Å². The van der Waals surface area contributed by atoms with Gasteiger partial charge < -0.3 is 9.64 Å². The number of hydrogen-bond donors (Lipinski definition) is 0. The van der Waals surface area contributed by atoms with Crippen molar-refractivity contribution in [2.45, 2.75) is 32.0 Å². The molecule has 0 spiro atoms. The molecular weight excluding hydrogens is 552 g/mol. The average molecular weight is 573 g/mol. The molecule has 190 valence electrons. The van der Waals surface area contributed by atoms with Crippen molar-refractivity contribution in [3.8, 4) is 0 Å². The number of rotatable bonds is 4. The molecule has 1 aliphatic heterocycles. The molecular formula is C28H21BrN4O5. The summed E-state index contributed by atoms with van der Waals surface area (Å²) in [4.78, 5) is 53.8.